The number of aryl methyl sites for hydroxylation is 1. The van der Waals surface area contributed by atoms with Crippen LogP contribution in [0.25, 0.3) is 0 Å². The molecule has 18 heavy (non-hydrogen) atoms. The molecule has 0 saturated heterocycles. The number of nitrogens with one attached hydrogen (secondary N) is 1. The van der Waals surface area contributed by atoms with E-state index in [2.05, 4.69) is 18.8 Å². The van der Waals surface area contributed by atoms with Gasteiger partial charge in [-0.3, -0.25) is 5.32 Å². The second kappa shape index (κ2) is 7.67. The molecule has 0 radical (unpaired) electrons. The zero-order valence-electron chi connectivity index (χ0n) is 11.1. The van der Waals surface area contributed by atoms with E-state index in [0.29, 0.717) is 13.2 Å². The first-order valence-electron chi connectivity index (χ1n) is 6.33. The average molecular weight is 247 g/mol. The van der Waals surface area contributed by atoms with E-state index >= 15 is 0 Å². The predicted molar refractivity (Wildman–Crippen MR) is 73.4 cm³/mol. The number of hydrogen-bond donors (Lipinski definition) is 1. The first-order chi connectivity index (χ1) is 8.74. The van der Waals surface area contributed by atoms with Crippen LogP contribution in [0.5, 0.6) is 0 Å². The van der Waals surface area contributed by atoms with Crippen LogP contribution in [0.4, 0.5) is 0 Å². The van der Waals surface area contributed by atoms with Gasteiger partial charge in [0.15, 0.2) is 0 Å². The van der Waals surface area contributed by atoms with E-state index in [4.69, 9.17) is 4.74 Å². The van der Waals surface area contributed by atoms with Gasteiger partial charge in [-0.1, -0.05) is 37.3 Å². The third-order valence-corrected chi connectivity index (χ3v) is 2.74. The van der Waals surface area contributed by atoms with Crippen molar-refractivity contribution in [2.45, 2.75) is 26.3 Å². The Morgan fingerprint density at radius 3 is 2.78 bits per heavy atom. The second-order valence-electron chi connectivity index (χ2n) is 3.93. The van der Waals surface area contributed by atoms with Crippen molar-refractivity contribution in [3.05, 3.63) is 48.0 Å². The number of hydrogen-bond acceptors (Lipinski definition) is 3. The van der Waals surface area contributed by atoms with Crippen LogP contribution in [-0.2, 0) is 16.0 Å². The van der Waals surface area contributed by atoms with E-state index in [0.717, 1.165) is 17.5 Å². The van der Waals surface area contributed by atoms with Gasteiger partial charge in [0.1, 0.15) is 6.04 Å². The molecule has 3 nitrogen and oxygen atoms in total. The lowest BCUT2D eigenvalue weighted by molar-refractivity contribution is -0.145. The second-order valence-corrected chi connectivity index (χ2v) is 3.93. The molecule has 0 amide bonds. The maximum absolute atomic E-state index is 12.0. The summed E-state index contributed by atoms with van der Waals surface area (Å²) >= 11 is 0. The van der Waals surface area contributed by atoms with Crippen LogP contribution < -0.4 is 5.32 Å². The van der Waals surface area contributed by atoms with Crippen molar-refractivity contribution in [3.8, 4) is 0 Å². The molecule has 1 rings (SSSR count). The van der Waals surface area contributed by atoms with Crippen LogP contribution in [0, 0.1) is 0 Å². The molecule has 1 aromatic carbocycles. The molecule has 3 heteroatoms. The highest BCUT2D eigenvalue weighted by Gasteiger charge is 2.22. The molecule has 1 N–H and O–H groups in total. The monoisotopic (exact) mass is 247 g/mol. The number of carbonyl (C=O) groups excluding carboxylic acids is 1. The smallest absolute Gasteiger partial charge is 0.327 e. The number of carbonyl (C=O) groups is 1. The minimum Gasteiger partial charge on any atom is -0.465 e. The minimum absolute atomic E-state index is 0.236. The Labute approximate surface area is 109 Å². The molecule has 0 spiro atoms. The van der Waals surface area contributed by atoms with E-state index in [-0.39, 0.29) is 5.97 Å². The van der Waals surface area contributed by atoms with Crippen molar-refractivity contribution in [1.29, 1.82) is 0 Å². The van der Waals surface area contributed by atoms with E-state index in [9.17, 15) is 4.79 Å². The van der Waals surface area contributed by atoms with Crippen molar-refractivity contribution in [2.24, 2.45) is 0 Å². The number of benzene rings is 1. The molecule has 0 aromatic heterocycles. The normalized spacial score (nSPS) is 11.9. The topological polar surface area (TPSA) is 38.3 Å². The summed E-state index contributed by atoms with van der Waals surface area (Å²) in [7, 11) is 0. The fourth-order valence-electron chi connectivity index (χ4n) is 1.88. The van der Waals surface area contributed by atoms with Gasteiger partial charge in [-0.05, 0) is 24.5 Å². The van der Waals surface area contributed by atoms with Crippen molar-refractivity contribution < 1.29 is 9.53 Å². The van der Waals surface area contributed by atoms with Gasteiger partial charge in [-0.25, -0.2) is 4.79 Å². The molecule has 1 unspecified atom stereocenters. The summed E-state index contributed by atoms with van der Waals surface area (Å²) in [5, 5.41) is 3.15. The minimum atomic E-state index is -0.418. The first kappa shape index (κ1) is 14.5. The number of esters is 1. The fraction of sp³-hybridized carbons (Fsp3) is 0.400. The molecule has 0 heterocycles. The number of rotatable bonds is 7. The summed E-state index contributed by atoms with van der Waals surface area (Å²) < 4.78 is 5.12. The Hall–Kier alpha value is -1.61. The molecule has 0 aliphatic heterocycles. The molecule has 0 bridgehead atoms. The molecule has 0 aliphatic rings. The van der Waals surface area contributed by atoms with Crippen molar-refractivity contribution >= 4 is 5.97 Å². The highest BCUT2D eigenvalue weighted by Crippen LogP contribution is 2.20. The van der Waals surface area contributed by atoms with Gasteiger partial charge in [0, 0.05) is 6.54 Å². The van der Waals surface area contributed by atoms with Crippen LogP contribution in [0.3, 0.4) is 0 Å². The average Bonchev–Trinajstić information content (AvgIpc) is 2.40. The van der Waals surface area contributed by atoms with Gasteiger partial charge in [0.2, 0.25) is 0 Å². The lowest BCUT2D eigenvalue weighted by Gasteiger charge is -2.19. The quantitative estimate of drug-likeness (QED) is 0.594. The van der Waals surface area contributed by atoms with Crippen LogP contribution in [0.15, 0.2) is 36.9 Å². The summed E-state index contributed by atoms with van der Waals surface area (Å²) in [5.74, 6) is -0.236. The summed E-state index contributed by atoms with van der Waals surface area (Å²) in [6, 6.07) is 7.52. The zero-order valence-corrected chi connectivity index (χ0v) is 11.1. The number of ether oxygens (including phenoxy) is 1. The molecule has 0 saturated carbocycles. The zero-order chi connectivity index (χ0) is 13.4. The Morgan fingerprint density at radius 2 is 2.17 bits per heavy atom. The predicted octanol–water partition coefficient (Wildman–Crippen LogP) is 2.63. The fourth-order valence-corrected chi connectivity index (χ4v) is 1.88. The van der Waals surface area contributed by atoms with E-state index < -0.39 is 6.04 Å². The van der Waals surface area contributed by atoms with Crippen LogP contribution in [0.2, 0.25) is 0 Å². The maximum Gasteiger partial charge on any atom is 0.327 e. The Kier molecular flexibility index (Phi) is 6.15. The Morgan fingerprint density at radius 1 is 1.44 bits per heavy atom. The molecular formula is C15H21NO2. The Bertz CT molecular complexity index is 401. The van der Waals surface area contributed by atoms with Gasteiger partial charge < -0.3 is 4.74 Å². The van der Waals surface area contributed by atoms with Crippen LogP contribution >= 0.6 is 0 Å². The van der Waals surface area contributed by atoms with Crippen LogP contribution in [0.1, 0.15) is 31.0 Å². The molecule has 0 aliphatic carbocycles. The summed E-state index contributed by atoms with van der Waals surface area (Å²) in [6.07, 6.45) is 2.63. The SMILES string of the molecule is C=CCNC(C(=O)OCC)c1ccccc1CC. The summed E-state index contributed by atoms with van der Waals surface area (Å²) in [5.41, 5.74) is 2.15. The maximum atomic E-state index is 12.0. The van der Waals surface area contributed by atoms with Gasteiger partial charge >= 0.3 is 5.97 Å². The first-order valence-corrected chi connectivity index (χ1v) is 6.33. The lowest BCUT2D eigenvalue weighted by atomic mass is 9.98. The lowest BCUT2D eigenvalue weighted by Crippen LogP contribution is -2.31. The van der Waals surface area contributed by atoms with Crippen molar-refractivity contribution in [1.82, 2.24) is 5.32 Å². The van der Waals surface area contributed by atoms with Crippen molar-refractivity contribution in [2.75, 3.05) is 13.2 Å². The van der Waals surface area contributed by atoms with Gasteiger partial charge in [0.25, 0.3) is 0 Å². The van der Waals surface area contributed by atoms with E-state index in [1.807, 2.05) is 31.2 Å². The van der Waals surface area contributed by atoms with Gasteiger partial charge in [0.05, 0.1) is 6.61 Å². The third kappa shape index (κ3) is 3.70. The van der Waals surface area contributed by atoms with Gasteiger partial charge in [-0.2, -0.15) is 0 Å². The van der Waals surface area contributed by atoms with Crippen LogP contribution in [-0.4, -0.2) is 19.1 Å². The molecular weight excluding hydrogens is 226 g/mol. The van der Waals surface area contributed by atoms with E-state index in [1.165, 1.54) is 0 Å². The summed E-state index contributed by atoms with van der Waals surface area (Å²) in [4.78, 5) is 12.0. The molecule has 98 valence electrons. The molecule has 0 fully saturated rings. The molecule has 1 atom stereocenters. The Balaban J connectivity index is 3.00. The largest absolute Gasteiger partial charge is 0.465 e. The van der Waals surface area contributed by atoms with E-state index in [1.54, 1.807) is 6.08 Å². The highest BCUT2D eigenvalue weighted by atomic mass is 16.5. The summed E-state index contributed by atoms with van der Waals surface area (Å²) in [6.45, 7) is 8.51. The van der Waals surface area contributed by atoms with Gasteiger partial charge in [-0.15, -0.1) is 6.58 Å². The standard InChI is InChI=1S/C15H21NO2/c1-4-11-16-14(15(17)18-6-3)13-10-8-7-9-12(13)5-2/h4,7-10,14,16H,1,5-6,11H2,2-3H3. The van der Waals surface area contributed by atoms with Crippen molar-refractivity contribution in [3.63, 3.8) is 0 Å². The highest BCUT2D eigenvalue weighted by molar-refractivity contribution is 5.78. The third-order valence-electron chi connectivity index (χ3n) is 2.74. The molecule has 1 aromatic rings.